The van der Waals surface area contributed by atoms with E-state index in [9.17, 15) is 0 Å². The van der Waals surface area contributed by atoms with Crippen LogP contribution in [0.5, 0.6) is 0 Å². The van der Waals surface area contributed by atoms with Gasteiger partial charge in [-0.1, -0.05) is 0 Å². The Morgan fingerprint density at radius 3 is 2.14 bits per heavy atom. The molecule has 0 fully saturated rings. The highest BCUT2D eigenvalue weighted by molar-refractivity contribution is 7.19. The van der Waals surface area contributed by atoms with E-state index in [1.165, 1.54) is 0 Å². The number of rotatable bonds is 1. The summed E-state index contributed by atoms with van der Waals surface area (Å²) in [5.41, 5.74) is 0. The average Bonchev–Trinajstić information content (AvgIpc) is 2.14. The van der Waals surface area contributed by atoms with Crippen LogP contribution >= 0.6 is 10.9 Å². The van der Waals surface area contributed by atoms with Crippen molar-refractivity contribution in [1.82, 2.24) is 19.4 Å². The lowest BCUT2D eigenvalue weighted by molar-refractivity contribution is 0.881. The fourth-order valence-electron chi connectivity index (χ4n) is 0.249. The quantitative estimate of drug-likeness (QED) is 0.487. The molecule has 0 aliphatic heterocycles. The van der Waals surface area contributed by atoms with E-state index in [0.717, 1.165) is 5.75 Å². The number of aryl methyl sites for hydroxylation is 1. The van der Waals surface area contributed by atoms with Crippen molar-refractivity contribution >= 4 is 10.9 Å². The van der Waals surface area contributed by atoms with Crippen LogP contribution in [0.15, 0.2) is 0 Å². The van der Waals surface area contributed by atoms with Crippen LogP contribution in [0.1, 0.15) is 6.92 Å². The summed E-state index contributed by atoms with van der Waals surface area (Å²) < 4.78 is 7.35. The van der Waals surface area contributed by atoms with Gasteiger partial charge in [-0.25, -0.2) is 0 Å². The molecular formula is C2H5N4S+. The summed E-state index contributed by atoms with van der Waals surface area (Å²) in [6.07, 6.45) is 0. The summed E-state index contributed by atoms with van der Waals surface area (Å²) in [7, 11) is -0.218. The standard InChI is InChI=1S/C2H5N4S/c1-2-7-5-3-4-6-7/h2H2,1H3/q+1. The molecule has 1 heterocycles. The molecule has 0 saturated carbocycles. The van der Waals surface area contributed by atoms with E-state index in [1.807, 2.05) is 6.92 Å². The number of hydrogen-bond acceptors (Lipinski definition) is 4. The van der Waals surface area contributed by atoms with E-state index in [4.69, 9.17) is 0 Å². The largest absolute Gasteiger partial charge is 0.250 e. The first-order valence-corrected chi connectivity index (χ1v) is 3.27. The molecule has 0 N–H and O–H groups in total. The van der Waals surface area contributed by atoms with Gasteiger partial charge in [-0.3, -0.25) is 0 Å². The Balaban J connectivity index is 2.76. The maximum atomic E-state index is 3.67. The van der Waals surface area contributed by atoms with E-state index < -0.39 is 0 Å². The Morgan fingerprint density at radius 1 is 1.29 bits per heavy atom. The fraction of sp³-hybridized carbons (Fsp3) is 1.00. The molecule has 0 aliphatic carbocycles. The summed E-state index contributed by atoms with van der Waals surface area (Å²) >= 11 is 0. The van der Waals surface area contributed by atoms with Gasteiger partial charge in [-0.15, -0.1) is 0 Å². The summed E-state index contributed by atoms with van der Waals surface area (Å²) in [6, 6.07) is 0. The number of aromatic nitrogens is 4. The second-order valence-corrected chi connectivity index (χ2v) is 2.55. The topological polar surface area (TPSA) is 51.6 Å². The molecule has 0 spiro atoms. The summed E-state index contributed by atoms with van der Waals surface area (Å²) in [4.78, 5) is 0. The zero-order valence-electron chi connectivity index (χ0n) is 3.90. The highest BCUT2D eigenvalue weighted by Gasteiger charge is 2.01. The van der Waals surface area contributed by atoms with Crippen molar-refractivity contribution in [3.8, 4) is 0 Å². The van der Waals surface area contributed by atoms with Crippen molar-refractivity contribution in [3.63, 3.8) is 0 Å². The van der Waals surface area contributed by atoms with Crippen molar-refractivity contribution < 1.29 is 0 Å². The zero-order chi connectivity index (χ0) is 5.11. The van der Waals surface area contributed by atoms with Crippen LogP contribution in [-0.4, -0.2) is 19.4 Å². The highest BCUT2D eigenvalue weighted by atomic mass is 32.2. The maximum Gasteiger partial charge on any atom is 0.250 e. The summed E-state index contributed by atoms with van der Waals surface area (Å²) in [6.45, 7) is 2.01. The SMILES string of the molecule is CC[s+]1nnnn1. The van der Waals surface area contributed by atoms with Gasteiger partial charge >= 0.3 is 0 Å². The minimum absolute atomic E-state index is 0.218. The molecule has 4 nitrogen and oxygen atoms in total. The third kappa shape index (κ3) is 0.894. The second kappa shape index (κ2) is 1.92. The molecule has 7 heavy (non-hydrogen) atoms. The van der Waals surface area contributed by atoms with Gasteiger partial charge in [0.2, 0.25) is 0 Å². The van der Waals surface area contributed by atoms with Crippen LogP contribution < -0.4 is 0 Å². The van der Waals surface area contributed by atoms with Crippen LogP contribution in [0, 0.1) is 0 Å². The Bertz CT molecular complexity index is 124. The normalized spacial score (nSPS) is 9.29. The molecular weight excluding hydrogens is 112 g/mol. The number of hydrogen-bond donors (Lipinski definition) is 0. The molecule has 0 amide bonds. The van der Waals surface area contributed by atoms with Gasteiger partial charge in [0.05, 0.1) is 0 Å². The lowest BCUT2D eigenvalue weighted by Crippen LogP contribution is -1.65. The molecule has 0 aliphatic rings. The monoisotopic (exact) mass is 117 g/mol. The van der Waals surface area contributed by atoms with Gasteiger partial charge in [0.25, 0.3) is 10.9 Å². The van der Waals surface area contributed by atoms with Gasteiger partial charge in [-0.05, 0) is 6.92 Å². The highest BCUT2D eigenvalue weighted by Crippen LogP contribution is 2.00. The molecule has 0 saturated heterocycles. The van der Waals surface area contributed by atoms with Crippen molar-refractivity contribution in [2.24, 2.45) is 0 Å². The van der Waals surface area contributed by atoms with Crippen molar-refractivity contribution in [2.75, 3.05) is 0 Å². The Morgan fingerprint density at radius 2 is 1.86 bits per heavy atom. The predicted molar refractivity (Wildman–Crippen MR) is 25.8 cm³/mol. The molecule has 0 unspecified atom stereocenters. The maximum absolute atomic E-state index is 3.67. The molecule has 0 radical (unpaired) electrons. The van der Waals surface area contributed by atoms with Gasteiger partial charge < -0.3 is 0 Å². The van der Waals surface area contributed by atoms with Crippen LogP contribution in [0.4, 0.5) is 0 Å². The number of nitrogens with zero attached hydrogens (tertiary/aromatic N) is 4. The predicted octanol–water partition coefficient (Wildman–Crippen LogP) is 0.0356. The van der Waals surface area contributed by atoms with Gasteiger partial charge in [0, 0.05) is 10.4 Å². The van der Waals surface area contributed by atoms with Crippen molar-refractivity contribution in [1.29, 1.82) is 0 Å². The summed E-state index contributed by atoms with van der Waals surface area (Å²) in [5.74, 6) is 0.924. The third-order valence-corrected chi connectivity index (χ3v) is 1.60. The van der Waals surface area contributed by atoms with Crippen LogP contribution in [-0.2, 0) is 5.75 Å². The molecule has 38 valence electrons. The first kappa shape index (κ1) is 4.58. The fourth-order valence-corrected chi connectivity index (χ4v) is 0.746. The molecule has 0 atom stereocenters. The Labute approximate surface area is 43.8 Å². The van der Waals surface area contributed by atoms with E-state index in [-0.39, 0.29) is 10.9 Å². The first-order valence-electron chi connectivity index (χ1n) is 1.96. The lowest BCUT2D eigenvalue weighted by atomic mass is 11.0. The first-order chi connectivity index (χ1) is 3.43. The van der Waals surface area contributed by atoms with E-state index in [1.54, 1.807) is 0 Å². The minimum atomic E-state index is -0.218. The second-order valence-electron chi connectivity index (χ2n) is 0.971. The lowest BCUT2D eigenvalue weighted by Gasteiger charge is -1.58. The Hall–Kier alpha value is -0.580. The van der Waals surface area contributed by atoms with Gasteiger partial charge in [0.1, 0.15) is 8.98 Å². The van der Waals surface area contributed by atoms with Crippen LogP contribution in [0.25, 0.3) is 0 Å². The van der Waals surface area contributed by atoms with E-state index in [2.05, 4.69) is 19.4 Å². The molecule has 1 rings (SSSR count). The molecule has 5 heteroatoms. The smallest absolute Gasteiger partial charge is 0.0105 e. The molecule has 0 bridgehead atoms. The Kier molecular flexibility index (Phi) is 1.26. The zero-order valence-corrected chi connectivity index (χ0v) is 4.72. The van der Waals surface area contributed by atoms with Crippen LogP contribution in [0.2, 0.25) is 0 Å². The van der Waals surface area contributed by atoms with Crippen LogP contribution in [0.3, 0.4) is 0 Å². The van der Waals surface area contributed by atoms with Crippen molar-refractivity contribution in [2.45, 2.75) is 12.7 Å². The van der Waals surface area contributed by atoms with Gasteiger partial charge in [0.15, 0.2) is 5.75 Å². The van der Waals surface area contributed by atoms with E-state index >= 15 is 0 Å². The molecule has 1 aromatic rings. The minimum Gasteiger partial charge on any atom is -0.0105 e. The van der Waals surface area contributed by atoms with E-state index in [0.29, 0.717) is 0 Å². The van der Waals surface area contributed by atoms with Crippen molar-refractivity contribution in [3.05, 3.63) is 0 Å². The average molecular weight is 117 g/mol. The summed E-state index contributed by atoms with van der Waals surface area (Å²) in [5, 5.41) is 6.66. The van der Waals surface area contributed by atoms with Gasteiger partial charge in [-0.2, -0.15) is 0 Å². The third-order valence-electron chi connectivity index (χ3n) is 0.560. The molecule has 1 aromatic heterocycles. The molecule has 0 aromatic carbocycles.